The van der Waals surface area contributed by atoms with Gasteiger partial charge in [-0.05, 0) is 151 Å². The van der Waals surface area contributed by atoms with Gasteiger partial charge >= 0.3 is 17.4 Å². The fourth-order valence-electron chi connectivity index (χ4n) is 9.46. The maximum atomic E-state index is 10.9. The van der Waals surface area contributed by atoms with Crippen molar-refractivity contribution in [3.8, 4) is 16.9 Å². The number of nitrogens with zero attached hydrogens (tertiary/aromatic N) is 2. The fraction of sp³-hybridized carbons (Fsp3) is 0.471. The smallest absolute Gasteiger partial charge is 0.872 e. The first-order chi connectivity index (χ1) is 36.7. The van der Waals surface area contributed by atoms with E-state index < -0.39 is 11.9 Å². The Morgan fingerprint density at radius 2 is 0.724 bits per heavy atom. The molecule has 0 aliphatic rings. The van der Waals surface area contributed by atoms with E-state index in [9.17, 15) is 24.9 Å². The molecule has 2 heterocycles. The molecule has 0 bridgehead atoms. The first kappa shape index (κ1) is 64.7. The molecule has 0 N–H and O–H groups in total. The Labute approximate surface area is 468 Å². The van der Waals surface area contributed by atoms with Gasteiger partial charge in [-0.3, -0.25) is 9.97 Å². The van der Waals surface area contributed by atoms with Gasteiger partial charge in [-0.15, -0.1) is 5.75 Å². The van der Waals surface area contributed by atoms with Crippen molar-refractivity contribution in [3.05, 3.63) is 162 Å². The van der Waals surface area contributed by atoms with E-state index in [1.54, 1.807) is 12.1 Å². The molecule has 0 fully saturated rings. The molecule has 6 aromatic rings. The van der Waals surface area contributed by atoms with Crippen LogP contribution >= 0.6 is 0 Å². The van der Waals surface area contributed by atoms with Crippen molar-refractivity contribution in [1.82, 2.24) is 9.97 Å². The van der Waals surface area contributed by atoms with Gasteiger partial charge in [0.05, 0.1) is 11.0 Å². The first-order valence-electron chi connectivity index (χ1n) is 28.9. The second kappa shape index (κ2) is 41.6. The maximum absolute atomic E-state index is 10.9. The van der Waals surface area contributed by atoms with Gasteiger partial charge in [0.1, 0.15) is 0 Å². The average Bonchev–Trinajstić information content (AvgIpc) is 3.41. The molecule has 404 valence electrons. The van der Waals surface area contributed by atoms with Crippen LogP contribution in [0.1, 0.15) is 202 Å². The van der Waals surface area contributed by atoms with Gasteiger partial charge in [-0.25, -0.2) is 0 Å². The molecule has 0 aliphatic carbocycles. The number of allylic oxidation sites excluding steroid dienone is 4. The minimum absolute atomic E-state index is 0. The standard InChI is InChI=1S/2C28H41NO2.C12H10O.Al/c2*1-24-22-23-26-20-17-19-25(28(26)29-24)18-15-13-11-9-7-5-3-2-4-6-8-10-12-14-16-21-27(30)31;13-12-8-6-11(7-9-12)10-4-2-1-3-5-10;/h2*2,4,17,19-20,22-23H,3,5-16,18,21H2,1H3,(H,30,31);1-9,13H;/q;;;+3/p-3/b2*4-2-;;. The zero-order valence-electron chi connectivity index (χ0n) is 46.5. The Hall–Kier alpha value is -5.55. The fourth-order valence-corrected chi connectivity index (χ4v) is 9.46. The first-order valence-corrected chi connectivity index (χ1v) is 28.9. The zero-order chi connectivity index (χ0) is 53.4. The number of carbonyl (C=O) groups is 2. The molecule has 0 radical (unpaired) electrons. The third-order valence-corrected chi connectivity index (χ3v) is 13.8. The number of pyridine rings is 2. The van der Waals surface area contributed by atoms with Crippen LogP contribution in [0.4, 0.5) is 0 Å². The quantitative estimate of drug-likeness (QED) is 0.0220. The van der Waals surface area contributed by atoms with E-state index in [0.717, 1.165) is 86.7 Å². The number of hydrogen-bond acceptors (Lipinski definition) is 7. The third kappa shape index (κ3) is 29.7. The van der Waals surface area contributed by atoms with Gasteiger partial charge in [0.15, 0.2) is 0 Å². The Kier molecular flexibility index (Phi) is 35.4. The van der Waals surface area contributed by atoms with Gasteiger partial charge in [-0.1, -0.05) is 217 Å². The molecular formula is C68H89AlN2O5. The minimum Gasteiger partial charge on any atom is -0.872 e. The summed E-state index contributed by atoms with van der Waals surface area (Å²) < 4.78 is 0. The topological polar surface area (TPSA) is 129 Å². The number of aromatic nitrogens is 2. The Morgan fingerprint density at radius 3 is 1.11 bits per heavy atom. The molecule has 0 saturated heterocycles. The molecule has 76 heavy (non-hydrogen) atoms. The van der Waals surface area contributed by atoms with Crippen LogP contribution in [0.25, 0.3) is 32.9 Å². The number of para-hydroxylation sites is 2. The second-order valence-corrected chi connectivity index (χ2v) is 20.4. The SMILES string of the molecule is Cc1ccc2cccc(CCCCCCCC/C=C\CCCCCCCC(=O)[O-])c2n1.Cc1ccc2cccc(CCCCCCCC/C=C\CCCCCCCC(=O)[O-])c2n1.[Al+3].[O-]c1ccc(-c2ccccc2)cc1. The Morgan fingerprint density at radius 1 is 0.382 bits per heavy atom. The molecule has 0 atom stereocenters. The molecule has 6 rings (SSSR count). The number of benzene rings is 4. The summed E-state index contributed by atoms with van der Waals surface area (Å²) in [5.74, 6) is -1.78. The van der Waals surface area contributed by atoms with Crippen LogP contribution in [0.3, 0.4) is 0 Å². The molecule has 8 heteroatoms. The number of aliphatic carboxylic acids is 2. The van der Waals surface area contributed by atoms with Crippen molar-refractivity contribution in [2.24, 2.45) is 0 Å². The van der Waals surface area contributed by atoms with Gasteiger partial charge in [0.2, 0.25) is 0 Å². The van der Waals surface area contributed by atoms with E-state index in [1.807, 2.05) is 42.5 Å². The number of rotatable bonds is 35. The van der Waals surface area contributed by atoms with E-state index in [2.05, 4.69) is 98.8 Å². The van der Waals surface area contributed by atoms with Crippen LogP contribution in [0.5, 0.6) is 5.75 Å². The molecule has 4 aromatic carbocycles. The van der Waals surface area contributed by atoms with Crippen LogP contribution in [0.15, 0.2) is 140 Å². The number of carbonyl (C=O) groups excluding carboxylic acids is 2. The van der Waals surface area contributed by atoms with E-state index in [4.69, 9.17) is 9.97 Å². The van der Waals surface area contributed by atoms with E-state index >= 15 is 0 Å². The summed E-state index contributed by atoms with van der Waals surface area (Å²) in [6, 6.07) is 38.5. The van der Waals surface area contributed by atoms with Crippen molar-refractivity contribution in [2.75, 3.05) is 0 Å². The van der Waals surface area contributed by atoms with E-state index in [1.165, 1.54) is 149 Å². The monoisotopic (exact) mass is 1040 g/mol. The Balaban J connectivity index is 0.000000321. The molecule has 0 aliphatic heterocycles. The molecule has 0 spiro atoms. The predicted molar refractivity (Wildman–Crippen MR) is 315 cm³/mol. The number of aryl methyl sites for hydroxylation is 4. The Bertz CT molecular complexity index is 2390. The molecular weight excluding hydrogens is 952 g/mol. The van der Waals surface area contributed by atoms with Gasteiger partial charge in [0.25, 0.3) is 0 Å². The zero-order valence-corrected chi connectivity index (χ0v) is 47.7. The minimum atomic E-state index is -0.920. The van der Waals surface area contributed by atoms with Gasteiger partial charge in [0, 0.05) is 34.1 Å². The maximum Gasteiger partial charge on any atom is 3.00 e. The van der Waals surface area contributed by atoms with Gasteiger partial charge in [-0.2, -0.15) is 0 Å². The molecule has 2 aromatic heterocycles. The van der Waals surface area contributed by atoms with Gasteiger partial charge < -0.3 is 24.9 Å². The molecule has 0 unspecified atom stereocenters. The summed E-state index contributed by atoms with van der Waals surface area (Å²) in [5, 5.41) is 34.0. The van der Waals surface area contributed by atoms with Crippen LogP contribution in [0.2, 0.25) is 0 Å². The summed E-state index contributed by atoms with van der Waals surface area (Å²) >= 11 is 0. The van der Waals surface area contributed by atoms with Crippen molar-refractivity contribution < 1.29 is 24.9 Å². The van der Waals surface area contributed by atoms with Crippen molar-refractivity contribution in [2.45, 2.75) is 206 Å². The van der Waals surface area contributed by atoms with Crippen molar-refractivity contribution in [3.63, 3.8) is 0 Å². The van der Waals surface area contributed by atoms with E-state index in [0.29, 0.717) is 0 Å². The number of hydrogen-bond donors (Lipinski definition) is 0. The summed E-state index contributed by atoms with van der Waals surface area (Å²) in [5.41, 5.74) is 9.57. The predicted octanol–water partition coefficient (Wildman–Crippen LogP) is 15.8. The number of unbranched alkanes of at least 4 members (excludes halogenated alkanes) is 22. The third-order valence-electron chi connectivity index (χ3n) is 13.8. The number of carboxylic acid groups (broad SMARTS) is 2. The molecule has 0 saturated carbocycles. The average molecular weight is 1040 g/mol. The second-order valence-electron chi connectivity index (χ2n) is 20.4. The molecule has 7 nitrogen and oxygen atoms in total. The van der Waals surface area contributed by atoms with Crippen molar-refractivity contribution >= 4 is 51.1 Å². The van der Waals surface area contributed by atoms with Crippen LogP contribution in [-0.2, 0) is 22.4 Å². The summed E-state index contributed by atoms with van der Waals surface area (Å²) in [6.45, 7) is 4.13. The van der Waals surface area contributed by atoms with Crippen LogP contribution in [0, 0.1) is 13.8 Å². The summed E-state index contributed by atoms with van der Waals surface area (Å²) in [6.07, 6.45) is 43.1. The molecule has 0 amide bonds. The number of carboxylic acids is 2. The van der Waals surface area contributed by atoms with Crippen molar-refractivity contribution in [1.29, 1.82) is 0 Å². The largest absolute Gasteiger partial charge is 3.00 e. The van der Waals surface area contributed by atoms with Crippen LogP contribution < -0.4 is 15.3 Å². The summed E-state index contributed by atoms with van der Waals surface area (Å²) in [4.78, 5) is 30.1. The van der Waals surface area contributed by atoms with Crippen LogP contribution in [-0.4, -0.2) is 39.3 Å². The summed E-state index contributed by atoms with van der Waals surface area (Å²) in [7, 11) is 0. The van der Waals surface area contributed by atoms with E-state index in [-0.39, 0.29) is 36.0 Å². The number of fused-ring (bicyclic) bond motifs is 2. The normalized spacial score (nSPS) is 11.1.